The fourth-order valence-electron chi connectivity index (χ4n) is 2.23. The van der Waals surface area contributed by atoms with Crippen molar-refractivity contribution in [1.29, 1.82) is 0 Å². The van der Waals surface area contributed by atoms with Gasteiger partial charge in [0.05, 0.1) is 0 Å². The molecule has 0 aliphatic carbocycles. The molecule has 1 aromatic rings. The van der Waals surface area contributed by atoms with Crippen LogP contribution in [0.1, 0.15) is 49.9 Å². The van der Waals surface area contributed by atoms with Crippen molar-refractivity contribution in [3.63, 3.8) is 0 Å². The Labute approximate surface area is 99.8 Å². The molecule has 0 bridgehead atoms. The molecule has 1 atom stereocenters. The molecular weight excluding hydrogens is 196 g/mol. The zero-order valence-corrected chi connectivity index (χ0v) is 11.2. The first-order valence-electron chi connectivity index (χ1n) is 6.55. The molecule has 0 aliphatic rings. The van der Waals surface area contributed by atoms with Crippen LogP contribution in [0.3, 0.4) is 0 Å². The summed E-state index contributed by atoms with van der Waals surface area (Å²) >= 11 is 0. The summed E-state index contributed by atoms with van der Waals surface area (Å²) in [6.45, 7) is 6.69. The van der Waals surface area contributed by atoms with E-state index in [1.165, 1.54) is 36.1 Å². The Morgan fingerprint density at radius 2 is 2.12 bits per heavy atom. The van der Waals surface area contributed by atoms with Crippen molar-refractivity contribution < 1.29 is 0 Å². The van der Waals surface area contributed by atoms with Crippen LogP contribution < -0.4 is 5.32 Å². The average Bonchev–Trinajstić information content (AvgIpc) is 2.65. The van der Waals surface area contributed by atoms with Gasteiger partial charge in [-0.3, -0.25) is 0 Å². The van der Waals surface area contributed by atoms with Crippen molar-refractivity contribution in [1.82, 2.24) is 10.3 Å². The summed E-state index contributed by atoms with van der Waals surface area (Å²) in [5, 5.41) is 3.43. The number of hydrogen-bond acceptors (Lipinski definition) is 1. The second-order valence-corrected chi connectivity index (χ2v) is 4.60. The molecule has 16 heavy (non-hydrogen) atoms. The summed E-state index contributed by atoms with van der Waals surface area (Å²) in [5.41, 5.74) is 4.33. The molecule has 0 radical (unpaired) electrons. The minimum Gasteiger partial charge on any atom is -0.364 e. The van der Waals surface area contributed by atoms with Crippen molar-refractivity contribution in [2.45, 2.75) is 58.9 Å². The molecule has 1 heterocycles. The third-order valence-corrected chi connectivity index (χ3v) is 3.49. The molecule has 1 aromatic heterocycles. The normalized spacial score (nSPS) is 13.0. The lowest BCUT2D eigenvalue weighted by molar-refractivity contribution is 0.498. The van der Waals surface area contributed by atoms with Crippen molar-refractivity contribution in [3.8, 4) is 0 Å². The first-order valence-corrected chi connectivity index (χ1v) is 6.55. The first kappa shape index (κ1) is 13.3. The smallest absolute Gasteiger partial charge is 0.0176 e. The molecule has 0 fully saturated rings. The number of unbranched alkanes of at least 4 members (excludes halogenated alkanes) is 1. The molecule has 0 spiro atoms. The Kier molecular flexibility index (Phi) is 5.61. The summed E-state index contributed by atoms with van der Waals surface area (Å²) in [5.74, 6) is 0. The third-order valence-electron chi connectivity index (χ3n) is 3.49. The molecule has 0 amide bonds. The van der Waals surface area contributed by atoms with Gasteiger partial charge in [0.2, 0.25) is 0 Å². The van der Waals surface area contributed by atoms with Gasteiger partial charge in [0.1, 0.15) is 0 Å². The highest BCUT2D eigenvalue weighted by Crippen LogP contribution is 2.16. The fourth-order valence-corrected chi connectivity index (χ4v) is 2.23. The summed E-state index contributed by atoms with van der Waals surface area (Å²) in [4.78, 5) is 3.38. The molecule has 0 saturated carbocycles. The monoisotopic (exact) mass is 222 g/mol. The molecule has 0 saturated heterocycles. The Morgan fingerprint density at radius 3 is 2.62 bits per heavy atom. The van der Waals surface area contributed by atoms with Gasteiger partial charge in [-0.1, -0.05) is 26.7 Å². The van der Waals surface area contributed by atoms with Gasteiger partial charge in [-0.2, -0.15) is 0 Å². The van der Waals surface area contributed by atoms with Gasteiger partial charge in [-0.05, 0) is 44.4 Å². The van der Waals surface area contributed by atoms with Gasteiger partial charge in [0.25, 0.3) is 0 Å². The van der Waals surface area contributed by atoms with E-state index in [-0.39, 0.29) is 0 Å². The number of aryl methyl sites for hydroxylation is 1. The lowest BCUT2D eigenvalue weighted by Crippen LogP contribution is -2.27. The fraction of sp³-hybridized carbons (Fsp3) is 0.714. The molecule has 0 aliphatic heterocycles. The van der Waals surface area contributed by atoms with E-state index in [0.29, 0.717) is 6.04 Å². The molecule has 2 heteroatoms. The van der Waals surface area contributed by atoms with Crippen LogP contribution in [0.15, 0.2) is 6.20 Å². The van der Waals surface area contributed by atoms with E-state index in [4.69, 9.17) is 0 Å². The van der Waals surface area contributed by atoms with E-state index >= 15 is 0 Å². The lowest BCUT2D eigenvalue weighted by Gasteiger charge is -2.15. The highest BCUT2D eigenvalue weighted by molar-refractivity contribution is 5.30. The second kappa shape index (κ2) is 6.74. The molecule has 2 N–H and O–H groups in total. The number of rotatable bonds is 7. The Morgan fingerprint density at radius 1 is 1.38 bits per heavy atom. The summed E-state index contributed by atoms with van der Waals surface area (Å²) < 4.78 is 0. The second-order valence-electron chi connectivity index (χ2n) is 4.60. The van der Waals surface area contributed by atoms with Crippen LogP contribution in [0.4, 0.5) is 0 Å². The largest absolute Gasteiger partial charge is 0.364 e. The topological polar surface area (TPSA) is 27.8 Å². The van der Waals surface area contributed by atoms with Gasteiger partial charge in [-0.25, -0.2) is 0 Å². The van der Waals surface area contributed by atoms with Gasteiger partial charge >= 0.3 is 0 Å². The van der Waals surface area contributed by atoms with Crippen molar-refractivity contribution in [2.24, 2.45) is 0 Å². The highest BCUT2D eigenvalue weighted by Gasteiger charge is 2.11. The highest BCUT2D eigenvalue weighted by atomic mass is 14.9. The van der Waals surface area contributed by atoms with E-state index in [1.807, 2.05) is 0 Å². The standard InChI is InChI=1S/C14H26N2/c1-5-7-8-13(15-4)9-12-10-16-14(6-2)11(12)3/h10,13,15-16H,5-9H2,1-4H3. The SMILES string of the molecule is CCCCC(Cc1c[nH]c(CC)c1C)NC. The van der Waals surface area contributed by atoms with Gasteiger partial charge in [-0.15, -0.1) is 0 Å². The van der Waals surface area contributed by atoms with Gasteiger partial charge in [0.15, 0.2) is 0 Å². The van der Waals surface area contributed by atoms with Crippen LogP contribution >= 0.6 is 0 Å². The summed E-state index contributed by atoms with van der Waals surface area (Å²) in [7, 11) is 2.07. The van der Waals surface area contributed by atoms with E-state index < -0.39 is 0 Å². The molecule has 1 rings (SSSR count). The molecule has 92 valence electrons. The molecule has 0 aromatic carbocycles. The zero-order chi connectivity index (χ0) is 12.0. The van der Waals surface area contributed by atoms with Crippen LogP contribution in [-0.2, 0) is 12.8 Å². The maximum absolute atomic E-state index is 3.43. The third kappa shape index (κ3) is 3.38. The van der Waals surface area contributed by atoms with Crippen LogP contribution in [-0.4, -0.2) is 18.1 Å². The van der Waals surface area contributed by atoms with Crippen molar-refractivity contribution in [2.75, 3.05) is 7.05 Å². The van der Waals surface area contributed by atoms with Gasteiger partial charge in [0, 0.05) is 17.9 Å². The van der Waals surface area contributed by atoms with Crippen LogP contribution in [0.25, 0.3) is 0 Å². The Bertz CT molecular complexity index is 302. The minimum absolute atomic E-state index is 0.624. The quantitative estimate of drug-likeness (QED) is 0.728. The van der Waals surface area contributed by atoms with Crippen molar-refractivity contribution in [3.05, 3.63) is 23.0 Å². The van der Waals surface area contributed by atoms with Crippen LogP contribution in [0, 0.1) is 6.92 Å². The number of H-pyrrole nitrogens is 1. The Balaban J connectivity index is 2.59. The Hall–Kier alpha value is -0.760. The minimum atomic E-state index is 0.624. The molecule has 1 unspecified atom stereocenters. The number of nitrogens with one attached hydrogen (secondary N) is 2. The predicted molar refractivity (Wildman–Crippen MR) is 71.0 cm³/mol. The van der Waals surface area contributed by atoms with Crippen LogP contribution in [0.5, 0.6) is 0 Å². The van der Waals surface area contributed by atoms with E-state index in [9.17, 15) is 0 Å². The maximum Gasteiger partial charge on any atom is 0.0176 e. The summed E-state index contributed by atoms with van der Waals surface area (Å²) in [6, 6.07) is 0.624. The molecule has 2 nitrogen and oxygen atoms in total. The van der Waals surface area contributed by atoms with Crippen LogP contribution in [0.2, 0.25) is 0 Å². The van der Waals surface area contributed by atoms with Gasteiger partial charge < -0.3 is 10.3 Å². The van der Waals surface area contributed by atoms with Crippen molar-refractivity contribution >= 4 is 0 Å². The van der Waals surface area contributed by atoms with E-state index in [0.717, 1.165) is 12.8 Å². The zero-order valence-electron chi connectivity index (χ0n) is 11.2. The maximum atomic E-state index is 3.43. The van der Waals surface area contributed by atoms with E-state index in [2.05, 4.69) is 44.3 Å². The number of aromatic nitrogens is 1. The predicted octanol–water partition coefficient (Wildman–Crippen LogP) is 3.21. The number of likely N-dealkylation sites (N-methyl/N-ethyl adjacent to an activating group) is 1. The lowest BCUT2D eigenvalue weighted by atomic mass is 10.00. The summed E-state index contributed by atoms with van der Waals surface area (Å²) in [6.07, 6.45) is 8.31. The molecular formula is C14H26N2. The van der Waals surface area contributed by atoms with E-state index in [1.54, 1.807) is 0 Å². The first-order chi connectivity index (χ1) is 7.72. The number of aromatic amines is 1. The average molecular weight is 222 g/mol. The number of hydrogen-bond donors (Lipinski definition) is 2.